The molecule has 0 aromatic heterocycles. The number of fused-ring (bicyclic) bond motifs is 1. The van der Waals surface area contributed by atoms with Crippen LogP contribution in [0.4, 0.5) is 5.69 Å². The van der Waals surface area contributed by atoms with Crippen molar-refractivity contribution in [1.29, 1.82) is 0 Å². The third kappa shape index (κ3) is 5.49. The molecule has 0 saturated heterocycles. The quantitative estimate of drug-likeness (QED) is 0.309. The molecule has 0 N–H and O–H groups in total. The molecule has 6 nitrogen and oxygen atoms in total. The second-order valence-corrected chi connectivity index (χ2v) is 8.92. The van der Waals surface area contributed by atoms with Crippen molar-refractivity contribution in [3.05, 3.63) is 101 Å². The van der Waals surface area contributed by atoms with Gasteiger partial charge in [-0.2, -0.15) is 0 Å². The van der Waals surface area contributed by atoms with E-state index in [1.54, 1.807) is 30.2 Å². The van der Waals surface area contributed by atoms with E-state index in [-0.39, 0.29) is 12.5 Å². The molecule has 1 amide bonds. The van der Waals surface area contributed by atoms with Crippen LogP contribution in [0, 0.1) is 0 Å². The summed E-state index contributed by atoms with van der Waals surface area (Å²) in [5, 5.41) is 0. The molecule has 0 aliphatic carbocycles. The van der Waals surface area contributed by atoms with Crippen molar-refractivity contribution in [2.45, 2.75) is 26.0 Å². The molecule has 1 aliphatic rings. The van der Waals surface area contributed by atoms with Crippen LogP contribution in [-0.2, 0) is 16.1 Å². The SMILES string of the molecule is COC(=O)/C=C/c1cccc(N(Cc2ccc3c(c2OC)OC(C)(C)C=C3)C(=O)c2ccccc2)c1. The standard InChI is InChI=1S/C30H29NO5/c1-30(2)18-17-22-14-15-24(27(35-4)28(22)36-30)20-31(29(33)23-10-6-5-7-11-23)25-12-8-9-21(19-25)13-16-26(32)34-3/h5-19H,20H2,1-4H3/b16-13+. The van der Waals surface area contributed by atoms with Gasteiger partial charge in [-0.05, 0) is 55.8 Å². The Balaban J connectivity index is 1.76. The molecule has 0 bridgehead atoms. The Morgan fingerprint density at radius 2 is 1.78 bits per heavy atom. The highest BCUT2D eigenvalue weighted by Crippen LogP contribution is 2.42. The molecule has 1 aliphatic heterocycles. The van der Waals surface area contributed by atoms with Gasteiger partial charge in [0.05, 0.1) is 20.8 Å². The fourth-order valence-electron chi connectivity index (χ4n) is 4.01. The highest BCUT2D eigenvalue weighted by Gasteiger charge is 2.28. The Morgan fingerprint density at radius 3 is 2.50 bits per heavy atom. The van der Waals surface area contributed by atoms with Crippen molar-refractivity contribution < 1.29 is 23.8 Å². The largest absolute Gasteiger partial charge is 0.492 e. The minimum absolute atomic E-state index is 0.161. The first-order valence-electron chi connectivity index (χ1n) is 11.6. The monoisotopic (exact) mass is 483 g/mol. The van der Waals surface area contributed by atoms with Crippen molar-refractivity contribution in [1.82, 2.24) is 0 Å². The third-order valence-electron chi connectivity index (χ3n) is 5.85. The molecule has 3 aromatic rings. The second kappa shape index (κ2) is 10.5. The molecule has 1 heterocycles. The maximum absolute atomic E-state index is 13.7. The van der Waals surface area contributed by atoms with Gasteiger partial charge in [-0.15, -0.1) is 0 Å². The number of rotatable bonds is 7. The van der Waals surface area contributed by atoms with Crippen LogP contribution in [0.25, 0.3) is 12.2 Å². The fourth-order valence-corrected chi connectivity index (χ4v) is 4.01. The normalized spacial score (nSPS) is 13.6. The lowest BCUT2D eigenvalue weighted by molar-refractivity contribution is -0.134. The van der Waals surface area contributed by atoms with Crippen LogP contribution < -0.4 is 14.4 Å². The number of benzene rings is 3. The van der Waals surface area contributed by atoms with Gasteiger partial charge in [0.1, 0.15) is 5.60 Å². The summed E-state index contributed by atoms with van der Waals surface area (Å²) in [6.45, 7) is 4.22. The minimum Gasteiger partial charge on any atom is -0.492 e. The number of nitrogens with zero attached hydrogens (tertiary/aromatic N) is 1. The molecule has 0 atom stereocenters. The van der Waals surface area contributed by atoms with E-state index in [1.165, 1.54) is 13.2 Å². The van der Waals surface area contributed by atoms with Crippen LogP contribution in [0.2, 0.25) is 0 Å². The van der Waals surface area contributed by atoms with Gasteiger partial charge in [0.15, 0.2) is 11.5 Å². The number of carbonyl (C=O) groups excluding carboxylic acids is 2. The number of amides is 1. The molecule has 0 saturated carbocycles. The molecule has 3 aromatic carbocycles. The first kappa shape index (κ1) is 24.8. The highest BCUT2D eigenvalue weighted by atomic mass is 16.5. The highest BCUT2D eigenvalue weighted by molar-refractivity contribution is 6.06. The van der Waals surface area contributed by atoms with Gasteiger partial charge < -0.3 is 19.1 Å². The summed E-state index contributed by atoms with van der Waals surface area (Å²) in [5.41, 5.74) is 3.25. The number of carbonyl (C=O) groups is 2. The van der Waals surface area contributed by atoms with Gasteiger partial charge >= 0.3 is 5.97 Å². The maximum atomic E-state index is 13.7. The van der Waals surface area contributed by atoms with Gasteiger partial charge in [0.2, 0.25) is 0 Å². The van der Waals surface area contributed by atoms with Crippen LogP contribution >= 0.6 is 0 Å². The van der Waals surface area contributed by atoms with Crippen LogP contribution in [0.5, 0.6) is 11.5 Å². The van der Waals surface area contributed by atoms with E-state index >= 15 is 0 Å². The Hall–Kier alpha value is -4.32. The zero-order valence-electron chi connectivity index (χ0n) is 20.9. The summed E-state index contributed by atoms with van der Waals surface area (Å²) >= 11 is 0. The summed E-state index contributed by atoms with van der Waals surface area (Å²) in [6, 6.07) is 20.5. The Morgan fingerprint density at radius 1 is 1.00 bits per heavy atom. The Kier molecular flexibility index (Phi) is 7.25. The lowest BCUT2D eigenvalue weighted by Crippen LogP contribution is -2.31. The first-order valence-corrected chi connectivity index (χ1v) is 11.6. The van der Waals surface area contributed by atoms with E-state index in [1.807, 2.05) is 80.6 Å². The number of anilines is 1. The lowest BCUT2D eigenvalue weighted by Gasteiger charge is -2.31. The molecular weight excluding hydrogens is 454 g/mol. The average molecular weight is 484 g/mol. The topological polar surface area (TPSA) is 65.1 Å². The second-order valence-electron chi connectivity index (χ2n) is 8.92. The van der Waals surface area contributed by atoms with Crippen molar-refractivity contribution in [3.8, 4) is 11.5 Å². The Labute approximate surface area is 211 Å². The van der Waals surface area contributed by atoms with Crippen molar-refractivity contribution in [3.63, 3.8) is 0 Å². The number of ether oxygens (including phenoxy) is 3. The Bertz CT molecular complexity index is 1320. The molecule has 0 spiro atoms. The summed E-state index contributed by atoms with van der Waals surface area (Å²) in [5.74, 6) is 0.640. The number of methoxy groups -OCH3 is 2. The van der Waals surface area contributed by atoms with Crippen LogP contribution in [0.15, 0.2) is 78.9 Å². The first-order chi connectivity index (χ1) is 17.3. The summed E-state index contributed by atoms with van der Waals surface area (Å²) < 4.78 is 16.7. The van der Waals surface area contributed by atoms with Gasteiger partial charge in [-0.1, -0.05) is 48.5 Å². The van der Waals surface area contributed by atoms with Crippen LogP contribution in [-0.4, -0.2) is 31.7 Å². The molecule has 4 rings (SSSR count). The maximum Gasteiger partial charge on any atom is 0.330 e. The number of esters is 1. The van der Waals surface area contributed by atoms with E-state index < -0.39 is 11.6 Å². The van der Waals surface area contributed by atoms with Gasteiger partial charge in [-0.25, -0.2) is 4.79 Å². The third-order valence-corrected chi connectivity index (χ3v) is 5.85. The predicted octanol–water partition coefficient (Wildman–Crippen LogP) is 5.91. The van der Waals surface area contributed by atoms with Crippen LogP contribution in [0.3, 0.4) is 0 Å². The van der Waals surface area contributed by atoms with E-state index in [2.05, 4.69) is 4.74 Å². The summed E-state index contributed by atoms with van der Waals surface area (Å²) in [6.07, 6.45) is 7.03. The molecule has 6 heteroatoms. The van der Waals surface area contributed by atoms with Crippen molar-refractivity contribution in [2.75, 3.05) is 19.1 Å². The summed E-state index contributed by atoms with van der Waals surface area (Å²) in [7, 11) is 2.94. The lowest BCUT2D eigenvalue weighted by atomic mass is 9.99. The van der Waals surface area contributed by atoms with E-state index in [4.69, 9.17) is 9.47 Å². The molecule has 0 fully saturated rings. The van der Waals surface area contributed by atoms with Gasteiger partial charge in [-0.3, -0.25) is 4.79 Å². The average Bonchev–Trinajstić information content (AvgIpc) is 2.89. The van der Waals surface area contributed by atoms with E-state index in [0.717, 1.165) is 16.7 Å². The molecular formula is C30H29NO5. The van der Waals surface area contributed by atoms with Crippen molar-refractivity contribution >= 4 is 29.7 Å². The number of hydrogen-bond acceptors (Lipinski definition) is 5. The van der Waals surface area contributed by atoms with Crippen molar-refractivity contribution in [2.24, 2.45) is 0 Å². The minimum atomic E-state index is -0.473. The molecule has 0 radical (unpaired) electrons. The smallest absolute Gasteiger partial charge is 0.330 e. The van der Waals surface area contributed by atoms with Gasteiger partial charge in [0.25, 0.3) is 5.91 Å². The summed E-state index contributed by atoms with van der Waals surface area (Å²) in [4.78, 5) is 27.0. The fraction of sp³-hybridized carbons (Fsp3) is 0.200. The number of hydrogen-bond donors (Lipinski definition) is 0. The zero-order chi connectivity index (χ0) is 25.7. The van der Waals surface area contributed by atoms with Gasteiger partial charge in [0, 0.05) is 28.5 Å². The van der Waals surface area contributed by atoms with Crippen LogP contribution in [0.1, 0.15) is 40.9 Å². The zero-order valence-corrected chi connectivity index (χ0v) is 20.9. The molecule has 184 valence electrons. The van der Waals surface area contributed by atoms with E-state index in [0.29, 0.717) is 22.7 Å². The van der Waals surface area contributed by atoms with E-state index in [9.17, 15) is 9.59 Å². The molecule has 36 heavy (non-hydrogen) atoms. The molecule has 0 unspecified atom stereocenters. The predicted molar refractivity (Wildman–Crippen MR) is 141 cm³/mol.